The molecule has 29 heavy (non-hydrogen) atoms. The first-order valence-electron chi connectivity index (χ1n) is 8.98. The normalized spacial score (nSPS) is 12.3. The van der Waals surface area contributed by atoms with E-state index in [4.69, 9.17) is 4.74 Å². The Balaban J connectivity index is 1.93. The molecule has 1 atom stereocenters. The monoisotopic (exact) mass is 422 g/mol. The van der Waals surface area contributed by atoms with Gasteiger partial charge in [-0.05, 0) is 62.2 Å². The molecule has 0 heterocycles. The van der Waals surface area contributed by atoms with Crippen molar-refractivity contribution in [3.8, 4) is 0 Å². The van der Waals surface area contributed by atoms with Gasteiger partial charge in [0.25, 0.3) is 5.91 Å². The van der Waals surface area contributed by atoms with E-state index in [-0.39, 0.29) is 22.2 Å². The van der Waals surface area contributed by atoms with Crippen molar-refractivity contribution in [2.24, 2.45) is 0 Å². The fourth-order valence-electron chi connectivity index (χ4n) is 2.27. The maximum absolute atomic E-state index is 13.5. The quantitative estimate of drug-likeness (QED) is 0.637. The molecule has 2 rings (SSSR count). The predicted molar refractivity (Wildman–Crippen MR) is 107 cm³/mol. The molecule has 9 heteroatoms. The highest BCUT2D eigenvalue weighted by molar-refractivity contribution is 7.89. The summed E-state index contributed by atoms with van der Waals surface area (Å²) in [5.74, 6) is -1.87. The molecular formula is C20H23FN2O5S. The molecule has 0 aliphatic rings. The van der Waals surface area contributed by atoms with Crippen LogP contribution in [0.2, 0.25) is 0 Å². The average Bonchev–Trinajstić information content (AvgIpc) is 2.68. The van der Waals surface area contributed by atoms with Crippen LogP contribution in [0.1, 0.15) is 36.2 Å². The molecule has 0 unspecified atom stereocenters. The van der Waals surface area contributed by atoms with Crippen LogP contribution in [0.3, 0.4) is 0 Å². The van der Waals surface area contributed by atoms with Gasteiger partial charge in [-0.3, -0.25) is 4.79 Å². The van der Waals surface area contributed by atoms with Gasteiger partial charge < -0.3 is 10.1 Å². The Morgan fingerprint density at radius 2 is 1.79 bits per heavy atom. The molecule has 156 valence electrons. The van der Waals surface area contributed by atoms with Gasteiger partial charge in [-0.25, -0.2) is 22.3 Å². The van der Waals surface area contributed by atoms with E-state index in [1.54, 1.807) is 13.8 Å². The molecule has 2 N–H and O–H groups in total. The number of hydrogen-bond donors (Lipinski definition) is 2. The molecule has 0 spiro atoms. The lowest BCUT2D eigenvalue weighted by molar-refractivity contribution is -0.119. The Labute approximate surface area is 169 Å². The van der Waals surface area contributed by atoms with E-state index in [2.05, 4.69) is 10.0 Å². The molecule has 0 bridgehead atoms. The van der Waals surface area contributed by atoms with Gasteiger partial charge in [0.15, 0.2) is 6.61 Å². The zero-order chi connectivity index (χ0) is 21.6. The lowest BCUT2D eigenvalue weighted by Gasteiger charge is -2.12. The molecular weight excluding hydrogens is 399 g/mol. The topological polar surface area (TPSA) is 102 Å². The molecule has 0 saturated heterocycles. The third-order valence-corrected chi connectivity index (χ3v) is 5.76. The van der Waals surface area contributed by atoms with Gasteiger partial charge in [-0.15, -0.1) is 0 Å². The second-order valence-corrected chi connectivity index (χ2v) is 8.26. The number of esters is 1. The lowest BCUT2D eigenvalue weighted by atomic mass is 10.2. The van der Waals surface area contributed by atoms with E-state index in [0.29, 0.717) is 12.0 Å². The van der Waals surface area contributed by atoms with Gasteiger partial charge in [-0.1, -0.05) is 13.0 Å². The summed E-state index contributed by atoms with van der Waals surface area (Å²) >= 11 is 0. The maximum atomic E-state index is 13.5. The number of rotatable bonds is 8. The van der Waals surface area contributed by atoms with E-state index in [9.17, 15) is 22.4 Å². The van der Waals surface area contributed by atoms with Crippen molar-refractivity contribution in [3.05, 3.63) is 59.4 Å². The average molecular weight is 422 g/mol. The molecule has 2 aromatic carbocycles. The van der Waals surface area contributed by atoms with E-state index in [1.165, 1.54) is 42.5 Å². The molecule has 0 aromatic heterocycles. The minimum atomic E-state index is -3.68. The number of benzene rings is 2. The number of anilines is 1. The first-order valence-corrected chi connectivity index (χ1v) is 10.5. The highest BCUT2D eigenvalue weighted by atomic mass is 32.2. The van der Waals surface area contributed by atoms with Crippen molar-refractivity contribution >= 4 is 27.6 Å². The lowest BCUT2D eigenvalue weighted by Crippen LogP contribution is -2.32. The summed E-state index contributed by atoms with van der Waals surface area (Å²) in [5, 5.41) is 2.43. The number of ether oxygens (including phenoxy) is 1. The van der Waals surface area contributed by atoms with E-state index in [1.807, 2.05) is 6.92 Å². The van der Waals surface area contributed by atoms with Gasteiger partial charge in [-0.2, -0.15) is 0 Å². The Bertz CT molecular complexity index is 990. The summed E-state index contributed by atoms with van der Waals surface area (Å²) in [5.41, 5.74) is 0.790. The van der Waals surface area contributed by atoms with E-state index < -0.39 is 34.3 Å². The molecule has 0 radical (unpaired) electrons. The third kappa shape index (κ3) is 6.37. The number of halogens is 1. The third-order valence-electron chi connectivity index (χ3n) is 4.16. The first-order chi connectivity index (χ1) is 13.6. The van der Waals surface area contributed by atoms with Crippen LogP contribution in [0.4, 0.5) is 10.1 Å². The molecule has 0 fully saturated rings. The van der Waals surface area contributed by atoms with Crippen LogP contribution in [0, 0.1) is 12.7 Å². The molecule has 0 aliphatic carbocycles. The summed E-state index contributed by atoms with van der Waals surface area (Å²) < 4.78 is 45.3. The minimum absolute atomic E-state index is 0.0218. The number of carbonyl (C=O) groups is 2. The van der Waals surface area contributed by atoms with Crippen LogP contribution in [0.5, 0.6) is 0 Å². The summed E-state index contributed by atoms with van der Waals surface area (Å²) in [6, 6.07) is 9.19. The van der Waals surface area contributed by atoms with Gasteiger partial charge in [0.05, 0.1) is 10.5 Å². The predicted octanol–water partition coefficient (Wildman–Crippen LogP) is 3.01. The van der Waals surface area contributed by atoms with Gasteiger partial charge in [0.2, 0.25) is 10.0 Å². The Hall–Kier alpha value is -2.78. The fraction of sp³-hybridized carbons (Fsp3) is 0.300. The standard InChI is InChI=1S/C20H23FN2O5S/c1-4-14(3)23-29(26,27)17-9-6-15(7-10-17)20(25)28-12-19(24)22-16-8-5-13(2)18(21)11-16/h5-11,14,23H,4,12H2,1-3H3,(H,22,24)/t14-/m0/s1. The smallest absolute Gasteiger partial charge is 0.338 e. The highest BCUT2D eigenvalue weighted by Crippen LogP contribution is 2.14. The first kappa shape index (κ1) is 22.5. The summed E-state index contributed by atoms with van der Waals surface area (Å²) in [7, 11) is -3.68. The van der Waals surface area contributed by atoms with Crippen LogP contribution in [0.25, 0.3) is 0 Å². The van der Waals surface area contributed by atoms with E-state index in [0.717, 1.165) is 0 Å². The summed E-state index contributed by atoms with van der Waals surface area (Å²) in [6.45, 7) is 4.64. The van der Waals surface area contributed by atoms with Crippen LogP contribution in [0.15, 0.2) is 47.4 Å². The fourth-order valence-corrected chi connectivity index (χ4v) is 3.60. The second kappa shape index (κ2) is 9.62. The van der Waals surface area contributed by atoms with Gasteiger partial charge >= 0.3 is 5.97 Å². The zero-order valence-electron chi connectivity index (χ0n) is 16.4. The number of aryl methyl sites for hydroxylation is 1. The van der Waals surface area contributed by atoms with Crippen molar-refractivity contribution in [1.29, 1.82) is 0 Å². The number of hydrogen-bond acceptors (Lipinski definition) is 5. The second-order valence-electron chi connectivity index (χ2n) is 6.54. The number of amides is 1. The highest BCUT2D eigenvalue weighted by Gasteiger charge is 2.18. The number of nitrogens with one attached hydrogen (secondary N) is 2. The van der Waals surface area contributed by atoms with Crippen molar-refractivity contribution < 1.29 is 27.1 Å². The number of sulfonamides is 1. The maximum Gasteiger partial charge on any atom is 0.338 e. The largest absolute Gasteiger partial charge is 0.452 e. The van der Waals surface area contributed by atoms with Crippen molar-refractivity contribution in [3.63, 3.8) is 0 Å². The zero-order valence-corrected chi connectivity index (χ0v) is 17.2. The van der Waals surface area contributed by atoms with Crippen molar-refractivity contribution in [2.45, 2.75) is 38.1 Å². The van der Waals surface area contributed by atoms with Crippen LogP contribution in [-0.2, 0) is 19.6 Å². The Morgan fingerprint density at radius 3 is 2.38 bits per heavy atom. The Morgan fingerprint density at radius 1 is 1.14 bits per heavy atom. The molecule has 7 nitrogen and oxygen atoms in total. The van der Waals surface area contributed by atoms with Crippen LogP contribution >= 0.6 is 0 Å². The van der Waals surface area contributed by atoms with Crippen molar-refractivity contribution in [1.82, 2.24) is 4.72 Å². The van der Waals surface area contributed by atoms with E-state index >= 15 is 0 Å². The number of carbonyl (C=O) groups excluding carboxylic acids is 2. The minimum Gasteiger partial charge on any atom is -0.452 e. The molecule has 2 aromatic rings. The van der Waals surface area contributed by atoms with Gasteiger partial charge in [0, 0.05) is 11.7 Å². The Kier molecular flexibility index (Phi) is 7.46. The van der Waals surface area contributed by atoms with Crippen LogP contribution < -0.4 is 10.0 Å². The molecule has 1 amide bonds. The van der Waals surface area contributed by atoms with Crippen LogP contribution in [-0.4, -0.2) is 32.9 Å². The summed E-state index contributed by atoms with van der Waals surface area (Å²) in [4.78, 5) is 23.9. The molecule has 0 aliphatic heterocycles. The molecule has 0 saturated carbocycles. The SMILES string of the molecule is CC[C@H](C)NS(=O)(=O)c1ccc(C(=O)OCC(=O)Nc2ccc(C)c(F)c2)cc1. The van der Waals surface area contributed by atoms with Gasteiger partial charge in [0.1, 0.15) is 5.82 Å². The summed E-state index contributed by atoms with van der Waals surface area (Å²) in [6.07, 6.45) is 0.640. The van der Waals surface area contributed by atoms with Crippen molar-refractivity contribution in [2.75, 3.05) is 11.9 Å².